The third-order valence-corrected chi connectivity index (χ3v) is 3.56. The van der Waals surface area contributed by atoms with Gasteiger partial charge in [0.2, 0.25) is 0 Å². The van der Waals surface area contributed by atoms with Crippen LogP contribution in [0, 0.1) is 0 Å². The van der Waals surface area contributed by atoms with Crippen molar-refractivity contribution in [3.63, 3.8) is 0 Å². The Morgan fingerprint density at radius 2 is 2.43 bits per heavy atom. The van der Waals surface area contributed by atoms with Crippen LogP contribution in [0.25, 0.3) is 0 Å². The normalized spacial score (nSPS) is 19.3. The standard InChI is InChI=1S/C10H14BrNO2/c1-13-10(3-2-4-10)5-9-8(6-11)12-7-14-9/h7H,2-6H2,1H3. The Labute approximate surface area is 92.0 Å². The fraction of sp³-hybridized carbons (Fsp3) is 0.700. The molecule has 1 aliphatic rings. The minimum Gasteiger partial charge on any atom is -0.448 e. The SMILES string of the molecule is COC1(Cc2ocnc2CBr)CCC1. The van der Waals surface area contributed by atoms with Crippen LogP contribution in [0.5, 0.6) is 0 Å². The lowest BCUT2D eigenvalue weighted by Gasteiger charge is -2.40. The zero-order valence-electron chi connectivity index (χ0n) is 8.25. The Hall–Kier alpha value is -0.350. The number of nitrogens with zero attached hydrogens (tertiary/aromatic N) is 1. The first-order valence-electron chi connectivity index (χ1n) is 4.82. The lowest BCUT2D eigenvalue weighted by atomic mass is 9.77. The summed E-state index contributed by atoms with van der Waals surface area (Å²) in [7, 11) is 1.78. The second kappa shape index (κ2) is 4.03. The molecule has 1 aromatic heterocycles. The van der Waals surface area contributed by atoms with E-state index in [-0.39, 0.29) is 5.60 Å². The van der Waals surface area contributed by atoms with Gasteiger partial charge in [0.15, 0.2) is 6.39 Å². The summed E-state index contributed by atoms with van der Waals surface area (Å²) in [6, 6.07) is 0. The van der Waals surface area contributed by atoms with Crippen molar-refractivity contribution in [1.82, 2.24) is 4.98 Å². The molecule has 0 spiro atoms. The number of aromatic nitrogens is 1. The summed E-state index contributed by atoms with van der Waals surface area (Å²) in [5.41, 5.74) is 1.02. The summed E-state index contributed by atoms with van der Waals surface area (Å²) in [6.45, 7) is 0. The number of alkyl halides is 1. The van der Waals surface area contributed by atoms with Gasteiger partial charge in [0.25, 0.3) is 0 Å². The zero-order chi connectivity index (χ0) is 10.0. The van der Waals surface area contributed by atoms with Crippen molar-refractivity contribution in [1.29, 1.82) is 0 Å². The van der Waals surface area contributed by atoms with Gasteiger partial charge in [-0.15, -0.1) is 0 Å². The van der Waals surface area contributed by atoms with Crippen LogP contribution in [0.15, 0.2) is 10.8 Å². The number of hydrogen-bond donors (Lipinski definition) is 0. The van der Waals surface area contributed by atoms with Gasteiger partial charge in [-0.25, -0.2) is 4.98 Å². The van der Waals surface area contributed by atoms with Gasteiger partial charge < -0.3 is 9.15 Å². The topological polar surface area (TPSA) is 35.3 Å². The maximum Gasteiger partial charge on any atom is 0.181 e. The average molecular weight is 260 g/mol. The second-order valence-corrected chi connectivity index (χ2v) is 4.33. The van der Waals surface area contributed by atoms with Crippen LogP contribution < -0.4 is 0 Å². The number of ether oxygens (including phenoxy) is 1. The van der Waals surface area contributed by atoms with Crippen LogP contribution in [-0.4, -0.2) is 17.7 Å². The van der Waals surface area contributed by atoms with Crippen molar-refractivity contribution in [3.05, 3.63) is 17.8 Å². The van der Waals surface area contributed by atoms with Crippen LogP contribution in [0.3, 0.4) is 0 Å². The third kappa shape index (κ3) is 1.73. The molecule has 0 radical (unpaired) electrons. The van der Waals surface area contributed by atoms with Gasteiger partial charge in [-0.3, -0.25) is 0 Å². The number of hydrogen-bond acceptors (Lipinski definition) is 3. The molecule has 2 rings (SSSR count). The van der Waals surface area contributed by atoms with E-state index in [0.29, 0.717) is 0 Å². The van der Waals surface area contributed by atoms with Gasteiger partial charge in [-0.2, -0.15) is 0 Å². The molecule has 0 amide bonds. The number of rotatable bonds is 4. The van der Waals surface area contributed by atoms with E-state index in [0.717, 1.165) is 36.0 Å². The lowest BCUT2D eigenvalue weighted by molar-refractivity contribution is -0.0738. The van der Waals surface area contributed by atoms with Gasteiger partial charge in [-0.05, 0) is 19.3 Å². The molecule has 1 aliphatic carbocycles. The smallest absolute Gasteiger partial charge is 0.181 e. The first-order chi connectivity index (χ1) is 6.79. The highest BCUT2D eigenvalue weighted by molar-refractivity contribution is 9.08. The highest BCUT2D eigenvalue weighted by Gasteiger charge is 2.38. The Balaban J connectivity index is 2.09. The fourth-order valence-electron chi connectivity index (χ4n) is 1.86. The monoisotopic (exact) mass is 259 g/mol. The molecule has 1 saturated carbocycles. The molecule has 0 N–H and O–H groups in total. The maximum atomic E-state index is 5.54. The molecule has 0 bridgehead atoms. The van der Waals surface area contributed by atoms with Crippen LogP contribution in [0.1, 0.15) is 30.7 Å². The highest BCUT2D eigenvalue weighted by Crippen LogP contribution is 2.38. The fourth-order valence-corrected chi connectivity index (χ4v) is 2.32. The molecule has 1 fully saturated rings. The summed E-state index contributed by atoms with van der Waals surface area (Å²) in [6.07, 6.45) is 5.88. The largest absolute Gasteiger partial charge is 0.448 e. The first-order valence-corrected chi connectivity index (χ1v) is 5.94. The average Bonchev–Trinajstić information content (AvgIpc) is 2.58. The highest BCUT2D eigenvalue weighted by atomic mass is 79.9. The number of halogens is 1. The van der Waals surface area contributed by atoms with Crippen molar-refractivity contribution in [2.24, 2.45) is 0 Å². The van der Waals surface area contributed by atoms with Crippen LogP contribution >= 0.6 is 15.9 Å². The van der Waals surface area contributed by atoms with Gasteiger partial charge in [0.05, 0.1) is 11.3 Å². The Morgan fingerprint density at radius 1 is 1.64 bits per heavy atom. The molecular formula is C10H14BrNO2. The van der Waals surface area contributed by atoms with Gasteiger partial charge in [0, 0.05) is 18.9 Å². The second-order valence-electron chi connectivity index (χ2n) is 3.77. The molecule has 3 nitrogen and oxygen atoms in total. The van der Waals surface area contributed by atoms with E-state index in [1.54, 1.807) is 7.11 Å². The summed E-state index contributed by atoms with van der Waals surface area (Å²) in [5.74, 6) is 0.962. The number of oxazole rings is 1. The van der Waals surface area contributed by atoms with Crippen LogP contribution in [0.2, 0.25) is 0 Å². The minimum absolute atomic E-state index is 0.0243. The molecule has 0 aliphatic heterocycles. The summed E-state index contributed by atoms with van der Waals surface area (Å²) in [4.78, 5) is 4.14. The van der Waals surface area contributed by atoms with Crippen molar-refractivity contribution in [2.45, 2.75) is 36.6 Å². The molecule has 0 saturated heterocycles. The van der Waals surface area contributed by atoms with E-state index in [2.05, 4.69) is 20.9 Å². The minimum atomic E-state index is 0.0243. The summed E-state index contributed by atoms with van der Waals surface area (Å²) >= 11 is 3.39. The first kappa shape index (κ1) is 10.2. The molecule has 1 aromatic rings. The van der Waals surface area contributed by atoms with E-state index in [1.165, 1.54) is 12.8 Å². The summed E-state index contributed by atoms with van der Waals surface area (Å²) in [5, 5.41) is 0.749. The van der Waals surface area contributed by atoms with Crippen molar-refractivity contribution < 1.29 is 9.15 Å². The van der Waals surface area contributed by atoms with E-state index >= 15 is 0 Å². The molecular weight excluding hydrogens is 246 g/mol. The van der Waals surface area contributed by atoms with E-state index < -0.39 is 0 Å². The predicted octanol–water partition coefficient (Wildman–Crippen LogP) is 2.68. The Morgan fingerprint density at radius 3 is 2.93 bits per heavy atom. The quantitative estimate of drug-likeness (QED) is 0.781. The van der Waals surface area contributed by atoms with E-state index in [4.69, 9.17) is 9.15 Å². The van der Waals surface area contributed by atoms with E-state index in [9.17, 15) is 0 Å². The molecule has 0 aromatic carbocycles. The van der Waals surface area contributed by atoms with Crippen molar-refractivity contribution in [2.75, 3.05) is 7.11 Å². The zero-order valence-corrected chi connectivity index (χ0v) is 9.84. The number of methoxy groups -OCH3 is 1. The van der Waals surface area contributed by atoms with Crippen molar-refractivity contribution >= 4 is 15.9 Å². The lowest BCUT2D eigenvalue weighted by Crippen LogP contribution is -2.41. The van der Waals surface area contributed by atoms with Gasteiger partial charge in [-0.1, -0.05) is 15.9 Å². The molecule has 1 heterocycles. The third-order valence-electron chi connectivity index (χ3n) is 3.03. The van der Waals surface area contributed by atoms with Gasteiger partial charge >= 0.3 is 0 Å². The van der Waals surface area contributed by atoms with Crippen LogP contribution in [-0.2, 0) is 16.5 Å². The molecule has 14 heavy (non-hydrogen) atoms. The molecule has 4 heteroatoms. The van der Waals surface area contributed by atoms with Crippen LogP contribution in [0.4, 0.5) is 0 Å². The van der Waals surface area contributed by atoms with E-state index in [1.807, 2.05) is 0 Å². The molecule has 0 unspecified atom stereocenters. The summed E-state index contributed by atoms with van der Waals surface area (Å²) < 4.78 is 10.9. The van der Waals surface area contributed by atoms with Gasteiger partial charge in [0.1, 0.15) is 5.76 Å². The molecule has 78 valence electrons. The maximum absolute atomic E-state index is 5.54. The Bertz CT molecular complexity index is 301. The predicted molar refractivity (Wildman–Crippen MR) is 56.4 cm³/mol. The Kier molecular flexibility index (Phi) is 2.93. The molecule has 0 atom stereocenters. The van der Waals surface area contributed by atoms with Crippen molar-refractivity contribution in [3.8, 4) is 0 Å².